The van der Waals surface area contributed by atoms with E-state index in [4.69, 9.17) is 10.5 Å². The maximum Gasteiger partial charge on any atom is 0.228 e. The molecule has 0 atom stereocenters. The van der Waals surface area contributed by atoms with Gasteiger partial charge in [0, 0.05) is 32.2 Å². The standard InChI is InChI=1S/C15H30N2O2/c1-13(2)12-15(6-4-5-7-15)14(18)17(9-8-16)10-11-19-3/h13H,4-12,16H2,1-3H3. The Labute approximate surface area is 117 Å². The molecular formula is C15H30N2O2. The number of rotatable bonds is 8. The molecule has 0 aromatic rings. The van der Waals surface area contributed by atoms with Crippen LogP contribution in [0.1, 0.15) is 46.0 Å². The van der Waals surface area contributed by atoms with Crippen LogP contribution in [0.4, 0.5) is 0 Å². The third-order valence-corrected chi connectivity index (χ3v) is 4.06. The van der Waals surface area contributed by atoms with Crippen LogP contribution >= 0.6 is 0 Å². The van der Waals surface area contributed by atoms with Gasteiger partial charge in [0.15, 0.2) is 0 Å². The molecule has 0 radical (unpaired) electrons. The van der Waals surface area contributed by atoms with Gasteiger partial charge in [-0.15, -0.1) is 0 Å². The Morgan fingerprint density at radius 3 is 2.42 bits per heavy atom. The van der Waals surface area contributed by atoms with Gasteiger partial charge in [0.2, 0.25) is 5.91 Å². The Balaban J connectivity index is 2.77. The first-order valence-corrected chi connectivity index (χ1v) is 7.54. The molecule has 1 amide bonds. The van der Waals surface area contributed by atoms with E-state index in [1.54, 1.807) is 7.11 Å². The number of nitrogens with two attached hydrogens (primary N) is 1. The molecule has 1 rings (SSSR count). The second kappa shape index (κ2) is 7.85. The summed E-state index contributed by atoms with van der Waals surface area (Å²) in [6.45, 7) is 6.82. The van der Waals surface area contributed by atoms with E-state index in [0.717, 1.165) is 19.3 Å². The van der Waals surface area contributed by atoms with Gasteiger partial charge in [-0.2, -0.15) is 0 Å². The summed E-state index contributed by atoms with van der Waals surface area (Å²) in [6.07, 6.45) is 5.44. The Hall–Kier alpha value is -0.610. The molecule has 112 valence electrons. The summed E-state index contributed by atoms with van der Waals surface area (Å²) >= 11 is 0. The first-order chi connectivity index (χ1) is 9.05. The summed E-state index contributed by atoms with van der Waals surface area (Å²) in [6, 6.07) is 0. The van der Waals surface area contributed by atoms with E-state index < -0.39 is 0 Å². The lowest BCUT2D eigenvalue weighted by Gasteiger charge is -2.35. The fraction of sp³-hybridized carbons (Fsp3) is 0.933. The Kier molecular flexibility index (Phi) is 6.80. The number of carbonyl (C=O) groups excluding carboxylic acids is 1. The smallest absolute Gasteiger partial charge is 0.228 e. The highest BCUT2D eigenvalue weighted by Crippen LogP contribution is 2.44. The maximum absolute atomic E-state index is 12.9. The van der Waals surface area contributed by atoms with Gasteiger partial charge < -0.3 is 15.4 Å². The van der Waals surface area contributed by atoms with Crippen molar-refractivity contribution in [2.75, 3.05) is 33.4 Å². The van der Waals surface area contributed by atoms with Gasteiger partial charge in [-0.25, -0.2) is 0 Å². The molecule has 2 N–H and O–H groups in total. The summed E-state index contributed by atoms with van der Waals surface area (Å²) in [4.78, 5) is 14.8. The van der Waals surface area contributed by atoms with Gasteiger partial charge in [0.1, 0.15) is 0 Å². The number of amides is 1. The predicted molar refractivity (Wildman–Crippen MR) is 77.9 cm³/mol. The molecule has 0 aromatic carbocycles. The highest BCUT2D eigenvalue weighted by Gasteiger charge is 2.43. The molecule has 0 aliphatic heterocycles. The van der Waals surface area contributed by atoms with Crippen LogP contribution in [-0.2, 0) is 9.53 Å². The lowest BCUT2D eigenvalue weighted by molar-refractivity contribution is -0.143. The van der Waals surface area contributed by atoms with Crippen LogP contribution in [0.25, 0.3) is 0 Å². The third-order valence-electron chi connectivity index (χ3n) is 4.06. The molecule has 1 fully saturated rings. The van der Waals surface area contributed by atoms with E-state index in [1.807, 2.05) is 4.90 Å². The number of nitrogens with zero attached hydrogens (tertiary/aromatic N) is 1. The van der Waals surface area contributed by atoms with Crippen LogP contribution in [-0.4, -0.2) is 44.2 Å². The number of methoxy groups -OCH3 is 1. The molecule has 0 bridgehead atoms. The molecule has 4 nitrogen and oxygen atoms in total. The fourth-order valence-electron chi connectivity index (χ4n) is 3.35. The van der Waals surface area contributed by atoms with Crippen molar-refractivity contribution in [3.8, 4) is 0 Å². The number of hydrogen-bond acceptors (Lipinski definition) is 3. The predicted octanol–water partition coefficient (Wildman–Crippen LogP) is 2.03. The van der Waals surface area contributed by atoms with Crippen LogP contribution in [0.5, 0.6) is 0 Å². The van der Waals surface area contributed by atoms with Gasteiger partial charge in [-0.3, -0.25) is 4.79 Å². The van der Waals surface area contributed by atoms with Gasteiger partial charge in [-0.05, 0) is 25.2 Å². The van der Waals surface area contributed by atoms with Crippen molar-refractivity contribution in [2.24, 2.45) is 17.1 Å². The SMILES string of the molecule is COCCN(CCN)C(=O)C1(CC(C)C)CCCC1. The van der Waals surface area contributed by atoms with E-state index >= 15 is 0 Å². The summed E-state index contributed by atoms with van der Waals surface area (Å²) in [5.74, 6) is 0.866. The average Bonchev–Trinajstić information content (AvgIpc) is 2.82. The van der Waals surface area contributed by atoms with Gasteiger partial charge >= 0.3 is 0 Å². The lowest BCUT2D eigenvalue weighted by Crippen LogP contribution is -2.46. The molecule has 1 aliphatic rings. The Morgan fingerprint density at radius 1 is 1.32 bits per heavy atom. The second-order valence-electron chi connectivity index (χ2n) is 6.16. The zero-order chi connectivity index (χ0) is 14.3. The van der Waals surface area contributed by atoms with Gasteiger partial charge in [-0.1, -0.05) is 26.7 Å². The van der Waals surface area contributed by atoms with Crippen molar-refractivity contribution in [1.82, 2.24) is 4.90 Å². The van der Waals surface area contributed by atoms with Crippen molar-refractivity contribution in [3.05, 3.63) is 0 Å². The van der Waals surface area contributed by atoms with Crippen LogP contribution in [0, 0.1) is 11.3 Å². The highest BCUT2D eigenvalue weighted by molar-refractivity contribution is 5.83. The van der Waals surface area contributed by atoms with Crippen LogP contribution < -0.4 is 5.73 Å². The molecule has 0 unspecified atom stereocenters. The number of ether oxygens (including phenoxy) is 1. The van der Waals surface area contributed by atoms with Crippen molar-refractivity contribution in [3.63, 3.8) is 0 Å². The summed E-state index contributed by atoms with van der Waals surface area (Å²) in [5.41, 5.74) is 5.52. The summed E-state index contributed by atoms with van der Waals surface area (Å²) in [5, 5.41) is 0. The van der Waals surface area contributed by atoms with Crippen LogP contribution in [0.2, 0.25) is 0 Å². The van der Waals surface area contributed by atoms with Crippen molar-refractivity contribution in [2.45, 2.75) is 46.0 Å². The molecule has 0 spiro atoms. The van der Waals surface area contributed by atoms with Crippen LogP contribution in [0.15, 0.2) is 0 Å². The first-order valence-electron chi connectivity index (χ1n) is 7.54. The third kappa shape index (κ3) is 4.46. The Bertz CT molecular complexity index is 273. The van der Waals surface area contributed by atoms with Crippen LogP contribution in [0.3, 0.4) is 0 Å². The molecular weight excluding hydrogens is 240 g/mol. The average molecular weight is 270 g/mol. The minimum absolute atomic E-state index is 0.128. The van der Waals surface area contributed by atoms with Crippen molar-refractivity contribution >= 4 is 5.91 Å². The summed E-state index contributed by atoms with van der Waals surface area (Å²) < 4.78 is 5.11. The van der Waals surface area contributed by atoms with Crippen molar-refractivity contribution < 1.29 is 9.53 Å². The number of hydrogen-bond donors (Lipinski definition) is 1. The largest absolute Gasteiger partial charge is 0.383 e. The first kappa shape index (κ1) is 16.4. The molecule has 19 heavy (non-hydrogen) atoms. The van der Waals surface area contributed by atoms with Crippen molar-refractivity contribution in [1.29, 1.82) is 0 Å². The van der Waals surface area contributed by atoms with E-state index in [1.165, 1.54) is 12.8 Å². The van der Waals surface area contributed by atoms with Gasteiger partial charge in [0.25, 0.3) is 0 Å². The van der Waals surface area contributed by atoms with E-state index in [2.05, 4.69) is 13.8 Å². The minimum Gasteiger partial charge on any atom is -0.383 e. The minimum atomic E-state index is -0.128. The zero-order valence-corrected chi connectivity index (χ0v) is 12.8. The fourth-order valence-corrected chi connectivity index (χ4v) is 3.35. The van der Waals surface area contributed by atoms with E-state index in [0.29, 0.717) is 38.1 Å². The van der Waals surface area contributed by atoms with E-state index in [9.17, 15) is 4.79 Å². The molecule has 1 saturated carbocycles. The quantitative estimate of drug-likeness (QED) is 0.734. The monoisotopic (exact) mass is 270 g/mol. The Morgan fingerprint density at radius 2 is 1.95 bits per heavy atom. The summed E-state index contributed by atoms with van der Waals surface area (Å²) in [7, 11) is 1.67. The van der Waals surface area contributed by atoms with E-state index in [-0.39, 0.29) is 5.41 Å². The zero-order valence-electron chi connectivity index (χ0n) is 12.8. The highest BCUT2D eigenvalue weighted by atomic mass is 16.5. The second-order valence-corrected chi connectivity index (χ2v) is 6.16. The van der Waals surface area contributed by atoms with Gasteiger partial charge in [0.05, 0.1) is 6.61 Å². The lowest BCUT2D eigenvalue weighted by atomic mass is 9.77. The normalized spacial score (nSPS) is 17.9. The molecule has 0 heterocycles. The number of carbonyl (C=O) groups is 1. The molecule has 0 aromatic heterocycles. The maximum atomic E-state index is 12.9. The molecule has 4 heteroatoms. The molecule has 1 aliphatic carbocycles. The topological polar surface area (TPSA) is 55.6 Å². The molecule has 0 saturated heterocycles.